The van der Waals surface area contributed by atoms with Crippen molar-refractivity contribution in [2.45, 2.75) is 37.5 Å². The number of likely N-dealkylation sites (tertiary alicyclic amines) is 1. The van der Waals surface area contributed by atoms with Gasteiger partial charge in [0, 0.05) is 26.2 Å². The molecule has 196 valence electrons. The number of primary amides is 1. The molecule has 1 aliphatic heterocycles. The molecular formula is C23H38N6O5S. The van der Waals surface area contributed by atoms with Crippen LogP contribution < -0.4 is 16.2 Å². The van der Waals surface area contributed by atoms with E-state index in [2.05, 4.69) is 10.2 Å². The minimum absolute atomic E-state index is 0.00548. The zero-order valence-electron chi connectivity index (χ0n) is 20.4. The highest BCUT2D eigenvalue weighted by Crippen LogP contribution is 2.10. The Morgan fingerprint density at radius 3 is 2.20 bits per heavy atom. The highest BCUT2D eigenvalue weighted by atomic mass is 32.2. The van der Waals surface area contributed by atoms with Crippen LogP contribution in [0.2, 0.25) is 0 Å². The number of nitrogens with one attached hydrogen (secondary N) is 1. The summed E-state index contributed by atoms with van der Waals surface area (Å²) in [6, 6.07) is 5.99. The van der Waals surface area contributed by atoms with E-state index in [0.717, 1.165) is 25.2 Å². The second kappa shape index (κ2) is 14.1. The summed E-state index contributed by atoms with van der Waals surface area (Å²) in [4.78, 5) is 42.4. The Morgan fingerprint density at radius 1 is 1.00 bits per heavy atom. The van der Waals surface area contributed by atoms with Gasteiger partial charge in [0.05, 0.1) is 24.5 Å². The number of carbonyl (C=O) groups is 3. The van der Waals surface area contributed by atoms with Gasteiger partial charge in [-0.2, -0.15) is 0 Å². The number of primary sulfonamides is 1. The third-order valence-electron chi connectivity index (χ3n) is 5.87. The van der Waals surface area contributed by atoms with Crippen molar-refractivity contribution in [1.29, 1.82) is 0 Å². The van der Waals surface area contributed by atoms with Gasteiger partial charge in [-0.3, -0.25) is 14.4 Å². The average molecular weight is 511 g/mol. The van der Waals surface area contributed by atoms with Crippen LogP contribution in [0.5, 0.6) is 0 Å². The molecule has 0 aromatic heterocycles. The Kier molecular flexibility index (Phi) is 11.6. The Morgan fingerprint density at radius 2 is 1.63 bits per heavy atom. The molecule has 35 heavy (non-hydrogen) atoms. The lowest BCUT2D eigenvalue weighted by atomic mass is 10.1. The highest BCUT2D eigenvalue weighted by molar-refractivity contribution is 7.89. The first-order valence-corrected chi connectivity index (χ1v) is 13.5. The first-order valence-electron chi connectivity index (χ1n) is 12.0. The summed E-state index contributed by atoms with van der Waals surface area (Å²) in [6.07, 6.45) is 3.50. The number of carbonyl (C=O) groups excluding carboxylic acids is 3. The lowest BCUT2D eigenvalue weighted by molar-refractivity contribution is -0.141. The van der Waals surface area contributed by atoms with Gasteiger partial charge in [-0.05, 0) is 56.5 Å². The van der Waals surface area contributed by atoms with Gasteiger partial charge in [0.2, 0.25) is 27.7 Å². The van der Waals surface area contributed by atoms with Crippen LogP contribution in [0.1, 0.15) is 31.7 Å². The molecule has 11 nitrogen and oxygen atoms in total. The predicted octanol–water partition coefficient (Wildman–Crippen LogP) is -0.886. The molecule has 1 heterocycles. The van der Waals surface area contributed by atoms with Crippen LogP contribution >= 0.6 is 0 Å². The molecule has 2 rings (SSSR count). The van der Waals surface area contributed by atoms with Gasteiger partial charge in [-0.25, -0.2) is 13.6 Å². The molecule has 3 amide bonds. The number of sulfonamides is 1. The van der Waals surface area contributed by atoms with E-state index in [9.17, 15) is 22.8 Å². The molecular weight excluding hydrogens is 472 g/mol. The predicted molar refractivity (Wildman–Crippen MR) is 133 cm³/mol. The summed E-state index contributed by atoms with van der Waals surface area (Å²) < 4.78 is 22.8. The molecule has 0 unspecified atom stereocenters. The van der Waals surface area contributed by atoms with E-state index < -0.39 is 15.9 Å². The van der Waals surface area contributed by atoms with Crippen molar-refractivity contribution >= 4 is 27.7 Å². The maximum atomic E-state index is 13.0. The van der Waals surface area contributed by atoms with E-state index in [1.807, 2.05) is 6.92 Å². The highest BCUT2D eigenvalue weighted by Gasteiger charge is 2.22. The topological polar surface area (TPSA) is 159 Å². The monoisotopic (exact) mass is 510 g/mol. The molecule has 0 aliphatic carbocycles. The first kappa shape index (κ1) is 28.7. The molecule has 12 heteroatoms. The Bertz CT molecular complexity index is 948. The minimum Gasteiger partial charge on any atom is -0.368 e. The van der Waals surface area contributed by atoms with Gasteiger partial charge >= 0.3 is 0 Å². The van der Waals surface area contributed by atoms with Gasteiger partial charge in [0.1, 0.15) is 0 Å². The second-order valence-corrected chi connectivity index (χ2v) is 10.3. The summed E-state index contributed by atoms with van der Waals surface area (Å²) in [5, 5.41) is 8.28. The summed E-state index contributed by atoms with van der Waals surface area (Å²) in [7, 11) is -3.79. The summed E-state index contributed by atoms with van der Waals surface area (Å²) in [5.41, 5.74) is 6.11. The largest absolute Gasteiger partial charge is 0.368 e. The van der Waals surface area contributed by atoms with Crippen molar-refractivity contribution in [2.24, 2.45) is 10.9 Å². The van der Waals surface area contributed by atoms with Crippen molar-refractivity contribution < 1.29 is 22.8 Å². The van der Waals surface area contributed by atoms with Crippen LogP contribution in [0.3, 0.4) is 0 Å². The molecule has 0 spiro atoms. The number of hydrogen-bond acceptors (Lipinski definition) is 7. The number of hydrogen-bond donors (Lipinski definition) is 3. The lowest BCUT2D eigenvalue weighted by Gasteiger charge is -2.27. The van der Waals surface area contributed by atoms with Crippen molar-refractivity contribution in [3.8, 4) is 0 Å². The first-order chi connectivity index (χ1) is 16.6. The van der Waals surface area contributed by atoms with Crippen LogP contribution in [0.15, 0.2) is 29.2 Å². The van der Waals surface area contributed by atoms with Gasteiger partial charge in [-0.1, -0.05) is 19.1 Å². The standard InChI is InChI=1S/C23H38N6O5S/c1-2-11-28(22(31)16-26-10-15-27-12-3-4-13-27)18-23(32)29(17-21(24)30)14-9-19-5-7-20(8-6-19)35(25,33)34/h5-8,26H,2-4,9-18H2,1H3,(H2,24,30)(H2,25,33,34). The third-order valence-corrected chi connectivity index (χ3v) is 6.80. The number of rotatable bonds is 15. The van der Waals surface area contributed by atoms with E-state index in [-0.39, 0.29) is 42.9 Å². The fourth-order valence-electron chi connectivity index (χ4n) is 3.97. The fourth-order valence-corrected chi connectivity index (χ4v) is 4.48. The van der Waals surface area contributed by atoms with E-state index in [1.165, 1.54) is 34.8 Å². The average Bonchev–Trinajstić information content (AvgIpc) is 3.32. The molecule has 5 N–H and O–H groups in total. The van der Waals surface area contributed by atoms with Gasteiger partial charge in [0.15, 0.2) is 0 Å². The zero-order valence-corrected chi connectivity index (χ0v) is 21.3. The summed E-state index contributed by atoms with van der Waals surface area (Å²) in [5.74, 6) is -1.19. The molecule has 0 saturated carbocycles. The van der Waals surface area contributed by atoms with Crippen molar-refractivity contribution in [1.82, 2.24) is 20.0 Å². The molecule has 1 saturated heterocycles. The minimum atomic E-state index is -3.79. The van der Waals surface area contributed by atoms with Gasteiger partial charge in [-0.15, -0.1) is 0 Å². The van der Waals surface area contributed by atoms with Crippen LogP contribution in [0.4, 0.5) is 0 Å². The van der Waals surface area contributed by atoms with Gasteiger partial charge < -0.3 is 25.8 Å². The summed E-state index contributed by atoms with van der Waals surface area (Å²) >= 11 is 0. The van der Waals surface area contributed by atoms with Crippen molar-refractivity contribution in [3.05, 3.63) is 29.8 Å². The molecule has 1 fully saturated rings. The summed E-state index contributed by atoms with van der Waals surface area (Å²) in [6.45, 7) is 6.08. The molecule has 0 atom stereocenters. The molecule has 0 radical (unpaired) electrons. The Labute approximate surface area is 207 Å². The molecule has 1 aromatic rings. The molecule has 1 aromatic carbocycles. The number of benzene rings is 1. The van der Waals surface area contributed by atoms with E-state index in [0.29, 0.717) is 25.9 Å². The van der Waals surface area contributed by atoms with Crippen LogP contribution in [0.25, 0.3) is 0 Å². The lowest BCUT2D eigenvalue weighted by Crippen LogP contribution is -2.48. The number of nitrogens with zero attached hydrogens (tertiary/aromatic N) is 3. The quantitative estimate of drug-likeness (QED) is 0.258. The van der Waals surface area contributed by atoms with Crippen molar-refractivity contribution in [3.63, 3.8) is 0 Å². The Balaban J connectivity index is 1.91. The maximum absolute atomic E-state index is 13.0. The number of nitrogens with two attached hydrogens (primary N) is 2. The van der Waals surface area contributed by atoms with E-state index in [1.54, 1.807) is 12.1 Å². The molecule has 0 bridgehead atoms. The second-order valence-electron chi connectivity index (χ2n) is 8.76. The maximum Gasteiger partial charge on any atom is 0.242 e. The van der Waals surface area contributed by atoms with E-state index in [4.69, 9.17) is 10.9 Å². The zero-order chi connectivity index (χ0) is 25.8. The van der Waals surface area contributed by atoms with Crippen LogP contribution in [-0.2, 0) is 30.8 Å². The normalized spacial score (nSPS) is 14.1. The Hall–Kier alpha value is -2.54. The van der Waals surface area contributed by atoms with E-state index >= 15 is 0 Å². The molecule has 1 aliphatic rings. The van der Waals surface area contributed by atoms with Crippen LogP contribution in [0, 0.1) is 0 Å². The van der Waals surface area contributed by atoms with Gasteiger partial charge in [0.25, 0.3) is 0 Å². The SMILES string of the molecule is CCCN(CC(=O)N(CCc1ccc(S(N)(=O)=O)cc1)CC(N)=O)C(=O)CNCCN1CCCC1. The van der Waals surface area contributed by atoms with Crippen LogP contribution in [-0.4, -0.2) is 99.7 Å². The fraction of sp³-hybridized carbons (Fsp3) is 0.609. The van der Waals surface area contributed by atoms with Crippen molar-refractivity contribution in [2.75, 3.05) is 58.9 Å². The number of amides is 3. The smallest absolute Gasteiger partial charge is 0.242 e. The third kappa shape index (κ3) is 10.3.